The van der Waals surface area contributed by atoms with E-state index in [2.05, 4.69) is 10.6 Å². The fourth-order valence-electron chi connectivity index (χ4n) is 1.82. The van der Waals surface area contributed by atoms with Crippen LogP contribution in [-0.4, -0.2) is 17.8 Å². The quantitative estimate of drug-likeness (QED) is 0.397. The summed E-state index contributed by atoms with van der Waals surface area (Å²) in [5.74, 6) is -1.13. The summed E-state index contributed by atoms with van der Waals surface area (Å²) in [5.41, 5.74) is -1.10. The van der Waals surface area contributed by atoms with Gasteiger partial charge in [0.05, 0.1) is 0 Å². The molecule has 0 unspecified atom stereocenters. The Morgan fingerprint density at radius 3 is 1.80 bits per heavy atom. The first kappa shape index (κ1) is 14.6. The molecule has 1 heterocycles. The summed E-state index contributed by atoms with van der Waals surface area (Å²) in [4.78, 5) is 34.1. The molecular formula is C9H14N2NaO3+. The Kier molecular flexibility index (Phi) is 4.96. The van der Waals surface area contributed by atoms with Crippen molar-refractivity contribution >= 4 is 17.8 Å². The number of hydrogen-bond donors (Lipinski definition) is 2. The van der Waals surface area contributed by atoms with Crippen LogP contribution in [0.5, 0.6) is 0 Å². The Morgan fingerprint density at radius 1 is 1.13 bits per heavy atom. The van der Waals surface area contributed by atoms with Crippen molar-refractivity contribution in [2.75, 3.05) is 0 Å². The smallest absolute Gasteiger partial charge is 0.277 e. The first-order valence-corrected chi connectivity index (χ1v) is 4.62. The van der Waals surface area contributed by atoms with Gasteiger partial charge in [-0.25, -0.2) is 4.79 Å². The topological polar surface area (TPSA) is 75.3 Å². The average molecular weight is 221 g/mol. The molecule has 1 rings (SSSR count). The molecule has 15 heavy (non-hydrogen) atoms. The first-order valence-electron chi connectivity index (χ1n) is 4.62. The molecule has 0 saturated carbocycles. The van der Waals surface area contributed by atoms with Gasteiger partial charge < -0.3 is 0 Å². The summed E-state index contributed by atoms with van der Waals surface area (Å²) < 4.78 is 0. The van der Waals surface area contributed by atoms with Crippen LogP contribution in [0.1, 0.15) is 27.2 Å². The zero-order valence-corrected chi connectivity index (χ0v) is 11.5. The average Bonchev–Trinajstić information content (AvgIpc) is 2.03. The van der Waals surface area contributed by atoms with Crippen molar-refractivity contribution in [3.63, 3.8) is 0 Å². The molecule has 0 spiro atoms. The number of amides is 4. The molecule has 4 amide bonds. The van der Waals surface area contributed by atoms with E-state index in [1.807, 2.05) is 0 Å². The maximum Gasteiger partial charge on any atom is 1.00 e. The molecule has 1 fully saturated rings. The molecule has 6 heteroatoms. The zero-order chi connectivity index (χ0) is 10.9. The molecule has 0 atom stereocenters. The second-order valence-electron chi connectivity index (χ2n) is 3.72. The summed E-state index contributed by atoms with van der Waals surface area (Å²) >= 11 is 0. The van der Waals surface area contributed by atoms with Crippen LogP contribution in [-0.2, 0) is 9.59 Å². The third-order valence-electron chi connectivity index (χ3n) is 2.81. The van der Waals surface area contributed by atoms with Gasteiger partial charge in [-0.1, -0.05) is 20.8 Å². The minimum Gasteiger partial charge on any atom is -0.277 e. The van der Waals surface area contributed by atoms with Crippen LogP contribution in [0.4, 0.5) is 4.79 Å². The SMILES string of the molecule is CCC1(C(C)C)C(=O)NC(=O)NC1=O.[Na+]. The first-order chi connectivity index (χ1) is 6.45. The molecule has 0 aliphatic carbocycles. The minimum atomic E-state index is -1.10. The van der Waals surface area contributed by atoms with Crippen LogP contribution in [0.3, 0.4) is 0 Å². The molecule has 1 saturated heterocycles. The monoisotopic (exact) mass is 221 g/mol. The van der Waals surface area contributed by atoms with Crippen LogP contribution in [0.2, 0.25) is 0 Å². The minimum absolute atomic E-state index is 0. The number of imide groups is 2. The molecule has 1 aliphatic rings. The van der Waals surface area contributed by atoms with Crippen molar-refractivity contribution in [3.05, 3.63) is 0 Å². The number of barbiturate groups is 1. The second-order valence-corrected chi connectivity index (χ2v) is 3.72. The third kappa shape index (κ3) is 2.24. The largest absolute Gasteiger partial charge is 1.00 e. The molecule has 2 N–H and O–H groups in total. The maximum atomic E-state index is 11.6. The van der Waals surface area contributed by atoms with Crippen molar-refractivity contribution < 1.29 is 43.9 Å². The Labute approximate surface area is 111 Å². The van der Waals surface area contributed by atoms with Crippen molar-refractivity contribution in [1.82, 2.24) is 10.6 Å². The van der Waals surface area contributed by atoms with Gasteiger partial charge in [-0.3, -0.25) is 20.2 Å². The molecule has 78 valence electrons. The number of rotatable bonds is 2. The summed E-state index contributed by atoms with van der Waals surface area (Å²) in [6.07, 6.45) is 0.385. The Balaban J connectivity index is 0.00000196. The molecule has 1 aliphatic heterocycles. The fourth-order valence-corrected chi connectivity index (χ4v) is 1.82. The predicted octanol–water partition coefficient (Wildman–Crippen LogP) is -2.59. The molecule has 5 nitrogen and oxygen atoms in total. The third-order valence-corrected chi connectivity index (χ3v) is 2.81. The van der Waals surface area contributed by atoms with Crippen LogP contribution in [0.15, 0.2) is 0 Å². The number of carbonyl (C=O) groups is 3. The molecule has 0 radical (unpaired) electrons. The van der Waals surface area contributed by atoms with Crippen molar-refractivity contribution in [1.29, 1.82) is 0 Å². The number of carbonyl (C=O) groups excluding carboxylic acids is 3. The Bertz CT molecular complexity index is 282. The van der Waals surface area contributed by atoms with E-state index in [0.29, 0.717) is 6.42 Å². The van der Waals surface area contributed by atoms with Gasteiger partial charge in [0.2, 0.25) is 11.8 Å². The molecule has 0 aromatic carbocycles. The van der Waals surface area contributed by atoms with Gasteiger partial charge in [-0.15, -0.1) is 0 Å². The van der Waals surface area contributed by atoms with Gasteiger partial charge in [0.25, 0.3) is 0 Å². The van der Waals surface area contributed by atoms with E-state index in [9.17, 15) is 14.4 Å². The van der Waals surface area contributed by atoms with Crippen LogP contribution >= 0.6 is 0 Å². The van der Waals surface area contributed by atoms with Crippen LogP contribution in [0, 0.1) is 11.3 Å². The molecule has 0 aromatic heterocycles. The summed E-state index contributed by atoms with van der Waals surface area (Å²) in [6, 6.07) is -0.732. The van der Waals surface area contributed by atoms with Crippen molar-refractivity contribution in [2.24, 2.45) is 11.3 Å². The van der Waals surface area contributed by atoms with Gasteiger partial charge in [0.15, 0.2) is 0 Å². The van der Waals surface area contributed by atoms with E-state index in [4.69, 9.17) is 0 Å². The van der Waals surface area contributed by atoms with E-state index in [1.54, 1.807) is 20.8 Å². The van der Waals surface area contributed by atoms with Gasteiger partial charge in [-0.2, -0.15) is 0 Å². The van der Waals surface area contributed by atoms with Crippen molar-refractivity contribution in [2.45, 2.75) is 27.2 Å². The van der Waals surface area contributed by atoms with Gasteiger partial charge in [0.1, 0.15) is 5.41 Å². The molecular weight excluding hydrogens is 207 g/mol. The van der Waals surface area contributed by atoms with E-state index in [-0.39, 0.29) is 35.5 Å². The number of nitrogens with one attached hydrogen (secondary N) is 2. The maximum absolute atomic E-state index is 11.6. The standard InChI is InChI=1S/C9H14N2O3.Na/c1-4-9(5(2)3)6(12)10-8(14)11-7(9)13;/h5H,4H2,1-3H3,(H2,10,11,12,13,14);/q;+1. The summed E-state index contributed by atoms with van der Waals surface area (Å²) in [7, 11) is 0. The number of urea groups is 1. The van der Waals surface area contributed by atoms with Crippen LogP contribution < -0.4 is 40.2 Å². The van der Waals surface area contributed by atoms with E-state index in [0.717, 1.165) is 0 Å². The second kappa shape index (κ2) is 5.09. The fraction of sp³-hybridized carbons (Fsp3) is 0.667. The molecule has 0 bridgehead atoms. The summed E-state index contributed by atoms with van der Waals surface area (Å²) in [5, 5.41) is 4.25. The van der Waals surface area contributed by atoms with Gasteiger partial charge in [0, 0.05) is 0 Å². The van der Waals surface area contributed by atoms with Gasteiger partial charge >= 0.3 is 35.6 Å². The normalized spacial score (nSPS) is 19.3. The van der Waals surface area contributed by atoms with E-state index < -0.39 is 23.3 Å². The van der Waals surface area contributed by atoms with Gasteiger partial charge in [-0.05, 0) is 12.3 Å². The van der Waals surface area contributed by atoms with E-state index >= 15 is 0 Å². The van der Waals surface area contributed by atoms with Crippen LogP contribution in [0.25, 0.3) is 0 Å². The van der Waals surface area contributed by atoms with Crippen molar-refractivity contribution in [3.8, 4) is 0 Å². The summed E-state index contributed by atoms with van der Waals surface area (Å²) in [6.45, 7) is 5.34. The van der Waals surface area contributed by atoms with E-state index in [1.165, 1.54) is 0 Å². The molecule has 0 aromatic rings. The Hall–Kier alpha value is -0.390. The Morgan fingerprint density at radius 2 is 1.53 bits per heavy atom. The zero-order valence-electron chi connectivity index (χ0n) is 9.51. The number of hydrogen-bond acceptors (Lipinski definition) is 3. The predicted molar refractivity (Wildman–Crippen MR) is 49.2 cm³/mol.